The summed E-state index contributed by atoms with van der Waals surface area (Å²) in [6.07, 6.45) is 1.79. The molecule has 0 aromatic carbocycles. The smallest absolute Gasteiger partial charge is 0.196 e. The van der Waals surface area contributed by atoms with E-state index in [1.54, 1.807) is 17.7 Å². The molecule has 13 heavy (non-hydrogen) atoms. The standard InChI is InChI=1S/C6H2BrI2N3S/c7-3-1-13-6(11-3)12-2-10-4(8)5(12)9/h1-2H. The van der Waals surface area contributed by atoms with Crippen molar-refractivity contribution >= 4 is 72.4 Å². The summed E-state index contributed by atoms with van der Waals surface area (Å²) in [7, 11) is 0. The van der Waals surface area contributed by atoms with Gasteiger partial charge in [0.05, 0.1) is 0 Å². The van der Waals surface area contributed by atoms with E-state index in [2.05, 4.69) is 71.1 Å². The van der Waals surface area contributed by atoms with Gasteiger partial charge in [-0.3, -0.25) is 4.57 Å². The van der Waals surface area contributed by atoms with Gasteiger partial charge in [-0.25, -0.2) is 9.97 Å². The Morgan fingerprint density at radius 3 is 2.69 bits per heavy atom. The molecule has 0 N–H and O–H groups in total. The summed E-state index contributed by atoms with van der Waals surface area (Å²) in [5.41, 5.74) is 0. The molecule has 0 atom stereocenters. The predicted molar refractivity (Wildman–Crippen MR) is 72.4 cm³/mol. The monoisotopic (exact) mass is 481 g/mol. The fourth-order valence-corrected chi connectivity index (χ4v) is 3.07. The molecule has 2 heterocycles. The third-order valence-electron chi connectivity index (χ3n) is 1.34. The van der Waals surface area contributed by atoms with Crippen LogP contribution in [0.3, 0.4) is 0 Å². The lowest BCUT2D eigenvalue weighted by atomic mass is 10.9. The molecule has 0 amide bonds. The van der Waals surface area contributed by atoms with Crippen molar-refractivity contribution in [3.63, 3.8) is 0 Å². The molecule has 0 aliphatic rings. The van der Waals surface area contributed by atoms with E-state index >= 15 is 0 Å². The predicted octanol–water partition coefficient (Wildman–Crippen LogP) is 3.30. The summed E-state index contributed by atoms with van der Waals surface area (Å²) in [6, 6.07) is 0. The summed E-state index contributed by atoms with van der Waals surface area (Å²) >= 11 is 9.37. The van der Waals surface area contributed by atoms with E-state index in [-0.39, 0.29) is 0 Å². The van der Waals surface area contributed by atoms with Gasteiger partial charge in [0.2, 0.25) is 0 Å². The maximum absolute atomic E-state index is 4.31. The highest BCUT2D eigenvalue weighted by atomic mass is 127. The normalized spacial score (nSPS) is 10.7. The fourth-order valence-electron chi connectivity index (χ4n) is 0.801. The van der Waals surface area contributed by atoms with Crippen LogP contribution in [0.15, 0.2) is 16.3 Å². The molecule has 7 heteroatoms. The molecule has 0 saturated carbocycles. The average molecular weight is 482 g/mol. The molecule has 0 saturated heterocycles. The minimum Gasteiger partial charge on any atom is -0.268 e. The first kappa shape index (κ1) is 10.3. The maximum atomic E-state index is 4.31. The van der Waals surface area contributed by atoms with Crippen molar-refractivity contribution < 1.29 is 0 Å². The molecule has 0 spiro atoms. The van der Waals surface area contributed by atoms with Gasteiger partial charge >= 0.3 is 0 Å². The van der Waals surface area contributed by atoms with Gasteiger partial charge in [0.25, 0.3) is 0 Å². The summed E-state index contributed by atoms with van der Waals surface area (Å²) in [5.74, 6) is 0. The molecule has 2 aromatic rings. The Labute approximate surface area is 114 Å². The van der Waals surface area contributed by atoms with Crippen LogP contribution in [0.1, 0.15) is 0 Å². The average Bonchev–Trinajstić information content (AvgIpc) is 2.62. The van der Waals surface area contributed by atoms with Crippen LogP contribution in [0, 0.1) is 7.40 Å². The van der Waals surface area contributed by atoms with E-state index in [4.69, 9.17) is 0 Å². The Morgan fingerprint density at radius 1 is 1.46 bits per heavy atom. The van der Waals surface area contributed by atoms with Crippen LogP contribution in [0.5, 0.6) is 0 Å². The van der Waals surface area contributed by atoms with Gasteiger partial charge in [-0.15, -0.1) is 11.3 Å². The van der Waals surface area contributed by atoms with Crippen molar-refractivity contribution in [3.8, 4) is 5.13 Å². The number of imidazole rings is 1. The first-order valence-electron chi connectivity index (χ1n) is 3.18. The van der Waals surface area contributed by atoms with Crippen molar-refractivity contribution in [2.45, 2.75) is 0 Å². The van der Waals surface area contributed by atoms with E-state index in [0.29, 0.717) is 0 Å². The third-order valence-corrected chi connectivity index (χ3v) is 5.74. The van der Waals surface area contributed by atoms with Gasteiger partial charge in [-0.2, -0.15) is 0 Å². The Kier molecular flexibility index (Phi) is 3.25. The lowest BCUT2D eigenvalue weighted by molar-refractivity contribution is 1.000. The van der Waals surface area contributed by atoms with Crippen LogP contribution in [0.4, 0.5) is 0 Å². The number of nitrogens with zero attached hydrogens (tertiary/aromatic N) is 3. The highest BCUT2D eigenvalue weighted by Gasteiger charge is 2.09. The molecule has 2 rings (SSSR count). The first-order chi connectivity index (χ1) is 6.18. The second kappa shape index (κ2) is 4.11. The molecule has 68 valence electrons. The van der Waals surface area contributed by atoms with Crippen molar-refractivity contribution in [1.29, 1.82) is 0 Å². The second-order valence-corrected chi connectivity index (χ2v) is 5.84. The van der Waals surface area contributed by atoms with Crippen molar-refractivity contribution in [2.75, 3.05) is 0 Å². The minimum absolute atomic E-state index is 0.868. The van der Waals surface area contributed by atoms with E-state index in [1.165, 1.54) is 0 Å². The SMILES string of the molecule is Brc1csc(-n2cnc(I)c2I)n1. The number of rotatable bonds is 1. The van der Waals surface area contributed by atoms with Gasteiger partial charge in [-0.05, 0) is 61.1 Å². The van der Waals surface area contributed by atoms with Gasteiger partial charge in [0.15, 0.2) is 5.13 Å². The largest absolute Gasteiger partial charge is 0.268 e. The third kappa shape index (κ3) is 2.07. The van der Waals surface area contributed by atoms with Crippen LogP contribution in [0.25, 0.3) is 5.13 Å². The van der Waals surface area contributed by atoms with Gasteiger partial charge in [0.1, 0.15) is 18.3 Å². The second-order valence-electron chi connectivity index (χ2n) is 2.15. The molecule has 0 bridgehead atoms. The molecule has 0 radical (unpaired) electrons. The molecule has 0 aliphatic carbocycles. The lowest BCUT2D eigenvalue weighted by Crippen LogP contribution is -1.93. The summed E-state index contributed by atoms with van der Waals surface area (Å²) in [5, 5.41) is 2.89. The van der Waals surface area contributed by atoms with Crippen LogP contribution in [-0.2, 0) is 0 Å². The Hall–Kier alpha value is 0.780. The zero-order valence-electron chi connectivity index (χ0n) is 6.04. The van der Waals surface area contributed by atoms with Gasteiger partial charge < -0.3 is 0 Å². The highest BCUT2D eigenvalue weighted by molar-refractivity contribution is 14.1. The molecular formula is C6H2BrI2N3S. The van der Waals surface area contributed by atoms with Crippen LogP contribution in [0.2, 0.25) is 0 Å². The van der Waals surface area contributed by atoms with Crippen molar-refractivity contribution in [2.24, 2.45) is 0 Å². The molecule has 3 nitrogen and oxygen atoms in total. The van der Waals surface area contributed by atoms with E-state index in [1.807, 2.05) is 9.95 Å². The van der Waals surface area contributed by atoms with Crippen molar-refractivity contribution in [3.05, 3.63) is 23.7 Å². The number of hydrogen-bond acceptors (Lipinski definition) is 3. The number of aromatic nitrogens is 3. The highest BCUT2D eigenvalue weighted by Crippen LogP contribution is 2.23. The van der Waals surface area contributed by atoms with E-state index < -0.39 is 0 Å². The Morgan fingerprint density at radius 2 is 2.23 bits per heavy atom. The topological polar surface area (TPSA) is 30.7 Å². The number of hydrogen-bond donors (Lipinski definition) is 0. The molecule has 0 aliphatic heterocycles. The van der Waals surface area contributed by atoms with E-state index in [0.717, 1.165) is 17.1 Å². The number of thiazole rings is 1. The van der Waals surface area contributed by atoms with Crippen molar-refractivity contribution in [1.82, 2.24) is 14.5 Å². The Balaban J connectivity index is 2.52. The van der Waals surface area contributed by atoms with Crippen LogP contribution >= 0.6 is 72.4 Å². The fraction of sp³-hybridized carbons (Fsp3) is 0. The van der Waals surface area contributed by atoms with Crippen LogP contribution < -0.4 is 0 Å². The van der Waals surface area contributed by atoms with Gasteiger partial charge in [-0.1, -0.05) is 0 Å². The summed E-state index contributed by atoms with van der Waals surface area (Å²) in [4.78, 5) is 8.50. The molecule has 0 unspecified atom stereocenters. The minimum atomic E-state index is 0.868. The molecule has 0 fully saturated rings. The molecule has 2 aromatic heterocycles. The van der Waals surface area contributed by atoms with E-state index in [9.17, 15) is 0 Å². The lowest BCUT2D eigenvalue weighted by Gasteiger charge is -1.96. The summed E-state index contributed by atoms with van der Waals surface area (Å²) < 4.78 is 4.94. The number of halogens is 3. The quantitative estimate of drug-likeness (QED) is 0.585. The van der Waals surface area contributed by atoms with Crippen LogP contribution in [-0.4, -0.2) is 14.5 Å². The zero-order chi connectivity index (χ0) is 9.42. The maximum Gasteiger partial charge on any atom is 0.196 e. The first-order valence-corrected chi connectivity index (χ1v) is 7.01. The zero-order valence-corrected chi connectivity index (χ0v) is 12.8. The Bertz CT molecular complexity index is 439. The molecular weight excluding hydrogens is 480 g/mol. The summed E-state index contributed by atoms with van der Waals surface area (Å²) in [6.45, 7) is 0. The van der Waals surface area contributed by atoms with Gasteiger partial charge in [0, 0.05) is 5.38 Å².